The van der Waals surface area contributed by atoms with Crippen LogP contribution in [0.4, 0.5) is 0 Å². The molecule has 2 rings (SSSR count). The molecule has 1 aliphatic heterocycles. The molecule has 0 bridgehead atoms. The van der Waals surface area contributed by atoms with Gasteiger partial charge in [-0.1, -0.05) is 30.3 Å². The highest BCUT2D eigenvalue weighted by atomic mass is 32.2. The zero-order chi connectivity index (χ0) is 13.3. The van der Waals surface area contributed by atoms with Gasteiger partial charge in [0.25, 0.3) is 5.91 Å². The van der Waals surface area contributed by atoms with Crippen LogP contribution < -0.4 is 5.73 Å². The molecular weight excluding hydrogens is 254 g/mol. The Bertz CT molecular complexity index is 604. The van der Waals surface area contributed by atoms with Gasteiger partial charge >= 0.3 is 0 Å². The van der Waals surface area contributed by atoms with E-state index in [1.165, 1.54) is 6.92 Å². The quantitative estimate of drug-likeness (QED) is 0.853. The number of carbonyl (C=O) groups is 1. The predicted octanol–water partition coefficient (Wildman–Crippen LogP) is 0.674. The molecule has 1 amide bonds. The van der Waals surface area contributed by atoms with Gasteiger partial charge in [0.1, 0.15) is 16.4 Å². The minimum absolute atomic E-state index is 0.126. The Hall–Kier alpha value is -1.82. The Labute approximate surface area is 105 Å². The van der Waals surface area contributed by atoms with Crippen molar-refractivity contribution in [3.63, 3.8) is 0 Å². The molecule has 1 aliphatic rings. The van der Waals surface area contributed by atoms with Crippen molar-refractivity contribution in [3.05, 3.63) is 41.7 Å². The number of sulfone groups is 1. The SMILES string of the molecule is CC1=C(c2ccccc2)S(=O)(=O)CC(C(N)=O)O1. The van der Waals surface area contributed by atoms with Gasteiger partial charge in [0.05, 0.1) is 0 Å². The molecular formula is C12H13NO4S. The highest BCUT2D eigenvalue weighted by molar-refractivity contribution is 8.00. The molecule has 0 radical (unpaired) electrons. The summed E-state index contributed by atoms with van der Waals surface area (Å²) in [5.74, 6) is -0.981. The van der Waals surface area contributed by atoms with E-state index in [4.69, 9.17) is 10.5 Å². The summed E-state index contributed by atoms with van der Waals surface area (Å²) in [5, 5.41) is 0. The molecule has 6 heteroatoms. The maximum Gasteiger partial charge on any atom is 0.259 e. The molecule has 18 heavy (non-hydrogen) atoms. The van der Waals surface area contributed by atoms with Gasteiger partial charge in [-0.2, -0.15) is 0 Å². The molecule has 0 aromatic heterocycles. The van der Waals surface area contributed by atoms with Gasteiger partial charge in [0.15, 0.2) is 15.9 Å². The maximum atomic E-state index is 12.2. The predicted molar refractivity (Wildman–Crippen MR) is 66.9 cm³/mol. The van der Waals surface area contributed by atoms with E-state index >= 15 is 0 Å². The summed E-state index contributed by atoms with van der Waals surface area (Å²) in [6.45, 7) is 1.52. The van der Waals surface area contributed by atoms with Crippen molar-refractivity contribution in [1.29, 1.82) is 0 Å². The number of hydrogen-bond acceptors (Lipinski definition) is 4. The van der Waals surface area contributed by atoms with E-state index in [1.807, 2.05) is 0 Å². The third kappa shape index (κ3) is 2.24. The number of benzene rings is 1. The molecule has 1 aromatic rings. The van der Waals surface area contributed by atoms with Crippen LogP contribution in [0.25, 0.3) is 4.91 Å². The van der Waals surface area contributed by atoms with Crippen LogP contribution in [0.5, 0.6) is 0 Å². The molecule has 5 nitrogen and oxygen atoms in total. The van der Waals surface area contributed by atoms with Crippen molar-refractivity contribution in [2.24, 2.45) is 5.73 Å². The molecule has 0 saturated carbocycles. The van der Waals surface area contributed by atoms with Crippen molar-refractivity contribution in [2.75, 3.05) is 5.75 Å². The van der Waals surface area contributed by atoms with E-state index in [9.17, 15) is 13.2 Å². The van der Waals surface area contributed by atoms with Gasteiger partial charge in [-0.05, 0) is 12.5 Å². The van der Waals surface area contributed by atoms with Crippen LogP contribution >= 0.6 is 0 Å². The first kappa shape index (κ1) is 12.6. The van der Waals surface area contributed by atoms with Gasteiger partial charge < -0.3 is 10.5 Å². The van der Waals surface area contributed by atoms with Crippen molar-refractivity contribution >= 4 is 20.6 Å². The summed E-state index contributed by atoms with van der Waals surface area (Å²) < 4.78 is 29.6. The Morgan fingerprint density at radius 2 is 1.94 bits per heavy atom. The molecule has 0 saturated heterocycles. The molecule has 1 unspecified atom stereocenters. The summed E-state index contributed by atoms with van der Waals surface area (Å²) in [5.41, 5.74) is 5.64. The van der Waals surface area contributed by atoms with Crippen molar-refractivity contribution in [2.45, 2.75) is 13.0 Å². The standard InChI is InChI=1S/C12H13NO4S/c1-8-11(9-5-3-2-4-6-9)18(15,16)7-10(17-8)12(13)14/h2-6,10H,7H2,1H3,(H2,13,14). The summed E-state index contributed by atoms with van der Waals surface area (Å²) in [6, 6.07) is 8.65. The fraction of sp³-hybridized carbons (Fsp3) is 0.250. The van der Waals surface area contributed by atoms with Gasteiger partial charge in [0, 0.05) is 0 Å². The van der Waals surface area contributed by atoms with Crippen LogP contribution in [0.3, 0.4) is 0 Å². The largest absolute Gasteiger partial charge is 0.483 e. The second-order valence-corrected chi connectivity index (χ2v) is 6.01. The van der Waals surface area contributed by atoms with Crippen LogP contribution in [-0.4, -0.2) is 26.2 Å². The van der Waals surface area contributed by atoms with Crippen LogP contribution in [-0.2, 0) is 19.4 Å². The first-order chi connectivity index (χ1) is 8.42. The fourth-order valence-electron chi connectivity index (χ4n) is 1.92. The van der Waals surface area contributed by atoms with Crippen LogP contribution in [0.15, 0.2) is 36.1 Å². The minimum Gasteiger partial charge on any atom is -0.483 e. The van der Waals surface area contributed by atoms with Gasteiger partial charge in [0.2, 0.25) is 0 Å². The van der Waals surface area contributed by atoms with Gasteiger partial charge in [-0.15, -0.1) is 0 Å². The highest BCUT2D eigenvalue weighted by Gasteiger charge is 2.36. The Morgan fingerprint density at radius 1 is 1.33 bits per heavy atom. The van der Waals surface area contributed by atoms with Crippen LogP contribution in [0.1, 0.15) is 12.5 Å². The van der Waals surface area contributed by atoms with Crippen molar-refractivity contribution in [3.8, 4) is 0 Å². The summed E-state index contributed by atoms with van der Waals surface area (Å²) in [6.07, 6.45) is -1.11. The molecule has 0 spiro atoms. The molecule has 0 aliphatic carbocycles. The molecule has 1 aromatic carbocycles. The summed E-state index contributed by atoms with van der Waals surface area (Å²) in [4.78, 5) is 11.2. The average molecular weight is 267 g/mol. The fourth-order valence-corrected chi connectivity index (χ4v) is 3.69. The average Bonchev–Trinajstić information content (AvgIpc) is 2.28. The molecule has 0 fully saturated rings. The van der Waals surface area contributed by atoms with E-state index in [1.54, 1.807) is 30.3 Å². The smallest absolute Gasteiger partial charge is 0.259 e. The number of primary amides is 1. The van der Waals surface area contributed by atoms with Crippen LogP contribution in [0, 0.1) is 0 Å². The topological polar surface area (TPSA) is 86.5 Å². The normalized spacial score (nSPS) is 22.4. The van der Waals surface area contributed by atoms with Gasteiger partial charge in [-0.3, -0.25) is 4.79 Å². The third-order valence-corrected chi connectivity index (χ3v) is 4.56. The zero-order valence-electron chi connectivity index (χ0n) is 9.79. The number of nitrogens with two attached hydrogens (primary N) is 1. The van der Waals surface area contributed by atoms with E-state index in [0.717, 1.165) is 0 Å². The summed E-state index contributed by atoms with van der Waals surface area (Å²) in [7, 11) is -3.57. The molecule has 96 valence electrons. The molecule has 1 atom stereocenters. The molecule has 2 N–H and O–H groups in total. The second kappa shape index (κ2) is 4.45. The monoisotopic (exact) mass is 267 g/mol. The lowest BCUT2D eigenvalue weighted by atomic mass is 10.2. The number of rotatable bonds is 2. The Morgan fingerprint density at radius 3 is 2.44 bits per heavy atom. The highest BCUT2D eigenvalue weighted by Crippen LogP contribution is 2.31. The second-order valence-electron chi connectivity index (χ2n) is 4.04. The van der Waals surface area contributed by atoms with Crippen LogP contribution in [0.2, 0.25) is 0 Å². The Kier molecular flexibility index (Phi) is 3.13. The van der Waals surface area contributed by atoms with Crippen molar-refractivity contribution in [1.82, 2.24) is 0 Å². The Balaban J connectivity index is 2.53. The zero-order valence-corrected chi connectivity index (χ0v) is 10.6. The van der Waals surface area contributed by atoms with Crippen molar-refractivity contribution < 1.29 is 17.9 Å². The number of carbonyl (C=O) groups excluding carboxylic acids is 1. The lowest BCUT2D eigenvalue weighted by molar-refractivity contribution is -0.126. The number of ether oxygens (including phenoxy) is 1. The van der Waals surface area contributed by atoms with E-state index in [-0.39, 0.29) is 10.7 Å². The maximum absolute atomic E-state index is 12.2. The van der Waals surface area contributed by atoms with E-state index in [0.29, 0.717) is 5.56 Å². The van der Waals surface area contributed by atoms with Gasteiger partial charge in [-0.25, -0.2) is 8.42 Å². The third-order valence-electron chi connectivity index (χ3n) is 2.67. The first-order valence-electron chi connectivity index (χ1n) is 5.37. The van der Waals surface area contributed by atoms with E-state index in [2.05, 4.69) is 0 Å². The minimum atomic E-state index is -3.57. The lowest BCUT2D eigenvalue weighted by Crippen LogP contribution is -2.40. The van der Waals surface area contributed by atoms with E-state index < -0.39 is 27.6 Å². The first-order valence-corrected chi connectivity index (χ1v) is 7.02. The number of allylic oxidation sites excluding steroid dienone is 1. The number of hydrogen-bond donors (Lipinski definition) is 1. The number of amides is 1. The lowest BCUT2D eigenvalue weighted by Gasteiger charge is -2.25. The molecule has 1 heterocycles. The summed E-state index contributed by atoms with van der Waals surface area (Å²) >= 11 is 0.